The molecule has 2 rings (SSSR count). The SMILES string of the molecule is Cc1cc(Br)ccc1C(=O)NCCC1CCNC1. The molecule has 0 bridgehead atoms. The second-order valence-electron chi connectivity index (χ2n) is 4.86. The van der Waals surface area contributed by atoms with Gasteiger partial charge in [-0.1, -0.05) is 15.9 Å². The van der Waals surface area contributed by atoms with Crippen molar-refractivity contribution in [3.8, 4) is 0 Å². The second-order valence-corrected chi connectivity index (χ2v) is 5.78. The molecule has 4 heteroatoms. The van der Waals surface area contributed by atoms with E-state index in [0.717, 1.165) is 47.6 Å². The molecule has 1 saturated heterocycles. The topological polar surface area (TPSA) is 41.1 Å². The first kappa shape index (κ1) is 13.6. The van der Waals surface area contributed by atoms with E-state index in [0.29, 0.717) is 0 Å². The summed E-state index contributed by atoms with van der Waals surface area (Å²) in [7, 11) is 0. The third-order valence-corrected chi connectivity index (χ3v) is 3.93. The van der Waals surface area contributed by atoms with Gasteiger partial charge < -0.3 is 10.6 Å². The van der Waals surface area contributed by atoms with Gasteiger partial charge in [0.05, 0.1) is 0 Å². The van der Waals surface area contributed by atoms with Crippen LogP contribution in [0, 0.1) is 12.8 Å². The number of aryl methyl sites for hydroxylation is 1. The van der Waals surface area contributed by atoms with Gasteiger partial charge in [-0.15, -0.1) is 0 Å². The number of amides is 1. The maximum Gasteiger partial charge on any atom is 0.251 e. The summed E-state index contributed by atoms with van der Waals surface area (Å²) in [4.78, 5) is 12.0. The van der Waals surface area contributed by atoms with E-state index in [4.69, 9.17) is 0 Å². The third kappa shape index (κ3) is 3.56. The van der Waals surface area contributed by atoms with E-state index in [9.17, 15) is 4.79 Å². The molecule has 0 saturated carbocycles. The number of benzene rings is 1. The predicted molar refractivity (Wildman–Crippen MR) is 76.8 cm³/mol. The molecule has 1 aliphatic rings. The molecule has 98 valence electrons. The van der Waals surface area contributed by atoms with Crippen LogP contribution in [-0.2, 0) is 0 Å². The van der Waals surface area contributed by atoms with Gasteiger partial charge in [-0.3, -0.25) is 4.79 Å². The van der Waals surface area contributed by atoms with Crippen molar-refractivity contribution in [2.45, 2.75) is 19.8 Å². The van der Waals surface area contributed by atoms with Crippen LogP contribution in [0.15, 0.2) is 22.7 Å². The standard InChI is InChI=1S/C14H19BrN2O/c1-10-8-12(15)2-3-13(10)14(18)17-7-5-11-4-6-16-9-11/h2-3,8,11,16H,4-7,9H2,1H3,(H,17,18). The van der Waals surface area contributed by atoms with Gasteiger partial charge in [0.1, 0.15) is 0 Å². The highest BCUT2D eigenvalue weighted by atomic mass is 79.9. The Morgan fingerprint density at radius 1 is 1.56 bits per heavy atom. The van der Waals surface area contributed by atoms with E-state index < -0.39 is 0 Å². The Hall–Kier alpha value is -0.870. The van der Waals surface area contributed by atoms with Crippen LogP contribution in [0.4, 0.5) is 0 Å². The fraction of sp³-hybridized carbons (Fsp3) is 0.500. The average Bonchev–Trinajstić information content (AvgIpc) is 2.81. The Kier molecular flexibility index (Phi) is 4.78. The van der Waals surface area contributed by atoms with Gasteiger partial charge in [0.25, 0.3) is 5.91 Å². The van der Waals surface area contributed by atoms with Crippen molar-refractivity contribution in [3.63, 3.8) is 0 Å². The van der Waals surface area contributed by atoms with Gasteiger partial charge in [-0.2, -0.15) is 0 Å². The first-order valence-electron chi connectivity index (χ1n) is 6.42. The van der Waals surface area contributed by atoms with Crippen LogP contribution < -0.4 is 10.6 Å². The summed E-state index contributed by atoms with van der Waals surface area (Å²) < 4.78 is 1.01. The van der Waals surface area contributed by atoms with Crippen molar-refractivity contribution < 1.29 is 4.79 Å². The van der Waals surface area contributed by atoms with Crippen molar-refractivity contribution in [1.29, 1.82) is 0 Å². The number of hydrogen-bond acceptors (Lipinski definition) is 2. The van der Waals surface area contributed by atoms with Crippen molar-refractivity contribution in [3.05, 3.63) is 33.8 Å². The fourth-order valence-corrected chi connectivity index (χ4v) is 2.80. The minimum absolute atomic E-state index is 0.0333. The maximum atomic E-state index is 12.0. The fourth-order valence-electron chi connectivity index (χ4n) is 2.33. The maximum absolute atomic E-state index is 12.0. The van der Waals surface area contributed by atoms with Crippen LogP contribution in [0.2, 0.25) is 0 Å². The summed E-state index contributed by atoms with van der Waals surface area (Å²) in [6.07, 6.45) is 2.29. The third-order valence-electron chi connectivity index (χ3n) is 3.43. The van der Waals surface area contributed by atoms with Crippen LogP contribution in [-0.4, -0.2) is 25.5 Å². The lowest BCUT2D eigenvalue weighted by Gasteiger charge is -2.10. The molecule has 18 heavy (non-hydrogen) atoms. The molecule has 3 nitrogen and oxygen atoms in total. The zero-order valence-corrected chi connectivity index (χ0v) is 12.2. The van der Waals surface area contributed by atoms with E-state index in [-0.39, 0.29) is 5.91 Å². The Morgan fingerprint density at radius 3 is 3.06 bits per heavy atom. The summed E-state index contributed by atoms with van der Waals surface area (Å²) in [5.41, 5.74) is 1.77. The first-order chi connectivity index (χ1) is 8.66. The Balaban J connectivity index is 1.83. The van der Waals surface area contributed by atoms with Gasteiger partial charge in [-0.25, -0.2) is 0 Å². The van der Waals surface area contributed by atoms with E-state index in [2.05, 4.69) is 26.6 Å². The summed E-state index contributed by atoms with van der Waals surface area (Å²) >= 11 is 3.40. The number of carbonyl (C=O) groups is 1. The first-order valence-corrected chi connectivity index (χ1v) is 7.21. The zero-order chi connectivity index (χ0) is 13.0. The molecular formula is C14H19BrN2O. The van der Waals surface area contributed by atoms with E-state index in [1.807, 2.05) is 25.1 Å². The Labute approximate surface area is 116 Å². The molecule has 1 aliphatic heterocycles. The number of rotatable bonds is 4. The van der Waals surface area contributed by atoms with Crippen LogP contribution in [0.1, 0.15) is 28.8 Å². The Bertz CT molecular complexity index is 428. The molecule has 1 unspecified atom stereocenters. The van der Waals surface area contributed by atoms with Gasteiger partial charge in [0, 0.05) is 16.6 Å². The molecule has 0 aromatic heterocycles. The molecule has 1 aromatic carbocycles. The van der Waals surface area contributed by atoms with E-state index in [1.165, 1.54) is 6.42 Å². The van der Waals surface area contributed by atoms with Crippen molar-refractivity contribution >= 4 is 21.8 Å². The van der Waals surface area contributed by atoms with Crippen molar-refractivity contribution in [2.24, 2.45) is 5.92 Å². The van der Waals surface area contributed by atoms with Crippen LogP contribution >= 0.6 is 15.9 Å². The minimum atomic E-state index is 0.0333. The number of halogens is 1. The molecule has 1 heterocycles. The van der Waals surface area contributed by atoms with E-state index >= 15 is 0 Å². The molecule has 1 fully saturated rings. The molecule has 1 amide bonds. The Morgan fingerprint density at radius 2 is 2.39 bits per heavy atom. The summed E-state index contributed by atoms with van der Waals surface area (Å²) in [5, 5.41) is 6.34. The second kappa shape index (κ2) is 6.34. The van der Waals surface area contributed by atoms with Gasteiger partial charge >= 0.3 is 0 Å². The van der Waals surface area contributed by atoms with Crippen LogP contribution in [0.25, 0.3) is 0 Å². The highest BCUT2D eigenvalue weighted by Gasteiger charge is 2.15. The van der Waals surface area contributed by atoms with Gasteiger partial charge in [0.2, 0.25) is 0 Å². The molecule has 2 N–H and O–H groups in total. The molecular weight excluding hydrogens is 292 g/mol. The van der Waals surface area contributed by atoms with Gasteiger partial charge in [-0.05, 0) is 62.5 Å². The molecule has 1 atom stereocenters. The number of nitrogens with one attached hydrogen (secondary N) is 2. The number of hydrogen-bond donors (Lipinski definition) is 2. The van der Waals surface area contributed by atoms with Crippen molar-refractivity contribution in [1.82, 2.24) is 10.6 Å². The van der Waals surface area contributed by atoms with Crippen LogP contribution in [0.5, 0.6) is 0 Å². The summed E-state index contributed by atoms with van der Waals surface area (Å²) in [6.45, 7) is 4.93. The lowest BCUT2D eigenvalue weighted by molar-refractivity contribution is 0.0951. The molecule has 0 radical (unpaired) electrons. The smallest absolute Gasteiger partial charge is 0.251 e. The molecule has 0 aliphatic carbocycles. The zero-order valence-electron chi connectivity index (χ0n) is 10.6. The molecule has 1 aromatic rings. The summed E-state index contributed by atoms with van der Waals surface area (Å²) in [5.74, 6) is 0.752. The minimum Gasteiger partial charge on any atom is -0.352 e. The number of carbonyl (C=O) groups excluding carboxylic acids is 1. The highest BCUT2D eigenvalue weighted by Crippen LogP contribution is 2.16. The van der Waals surface area contributed by atoms with Crippen molar-refractivity contribution in [2.75, 3.05) is 19.6 Å². The quantitative estimate of drug-likeness (QED) is 0.897. The lowest BCUT2D eigenvalue weighted by Crippen LogP contribution is -2.27. The lowest BCUT2D eigenvalue weighted by atomic mass is 10.0. The molecule has 0 spiro atoms. The van der Waals surface area contributed by atoms with E-state index in [1.54, 1.807) is 0 Å². The highest BCUT2D eigenvalue weighted by molar-refractivity contribution is 9.10. The van der Waals surface area contributed by atoms with Crippen LogP contribution in [0.3, 0.4) is 0 Å². The largest absolute Gasteiger partial charge is 0.352 e. The van der Waals surface area contributed by atoms with Gasteiger partial charge in [0.15, 0.2) is 0 Å². The average molecular weight is 311 g/mol. The predicted octanol–water partition coefficient (Wildman–Crippen LogP) is 2.49. The summed E-state index contributed by atoms with van der Waals surface area (Å²) in [6, 6.07) is 5.74. The normalized spacial score (nSPS) is 18.9. The monoisotopic (exact) mass is 310 g/mol.